The van der Waals surface area contributed by atoms with Crippen LogP contribution in [0.5, 0.6) is 0 Å². The van der Waals surface area contributed by atoms with Crippen molar-refractivity contribution in [1.82, 2.24) is 23.9 Å². The molecule has 0 N–H and O–H groups in total. The summed E-state index contributed by atoms with van der Waals surface area (Å²) in [6.07, 6.45) is -3.37. The third-order valence-electron chi connectivity index (χ3n) is 6.44. The van der Waals surface area contributed by atoms with Gasteiger partial charge in [0.15, 0.2) is 11.3 Å². The second-order valence-corrected chi connectivity index (χ2v) is 23.9. The largest absolute Gasteiger partial charge is 0.435 e. The van der Waals surface area contributed by atoms with E-state index in [-0.39, 0.29) is 29.9 Å². The molecule has 218 valence electrons. The highest BCUT2D eigenvalue weighted by Gasteiger charge is 2.34. The molecule has 0 aliphatic rings. The topological polar surface area (TPSA) is 76.1 Å². The van der Waals surface area contributed by atoms with E-state index in [1.165, 1.54) is 15.3 Å². The van der Waals surface area contributed by atoms with Gasteiger partial charge in [0, 0.05) is 40.9 Å². The molecular weight excluding hydrogens is 579 g/mol. The number of nitrogens with zero attached hydrogens (tertiary/aromatic N) is 5. The van der Waals surface area contributed by atoms with E-state index in [2.05, 4.69) is 44.4 Å². The van der Waals surface area contributed by atoms with E-state index in [4.69, 9.17) is 26.1 Å². The van der Waals surface area contributed by atoms with E-state index in [1.54, 1.807) is 18.2 Å². The summed E-state index contributed by atoms with van der Waals surface area (Å²) in [6.45, 7) is 14.6. The maximum absolute atomic E-state index is 13.5. The monoisotopic (exact) mass is 613 g/mol. The number of pyridine rings is 1. The molecule has 0 saturated heterocycles. The van der Waals surface area contributed by atoms with Crippen molar-refractivity contribution < 1.29 is 22.6 Å². The van der Waals surface area contributed by atoms with Gasteiger partial charge >= 0.3 is 11.9 Å². The van der Waals surface area contributed by atoms with Crippen LogP contribution in [-0.2, 0) is 29.1 Å². The number of benzene rings is 1. The van der Waals surface area contributed by atoms with Crippen molar-refractivity contribution in [3.8, 4) is 5.69 Å². The molecular formula is C26H35ClF3N5O3Si2. The van der Waals surface area contributed by atoms with E-state index in [1.807, 2.05) is 0 Å². The quantitative estimate of drug-likeness (QED) is 0.137. The summed E-state index contributed by atoms with van der Waals surface area (Å²) in [5.74, 6) is 0. The Morgan fingerprint density at radius 1 is 0.925 bits per heavy atom. The first-order chi connectivity index (χ1) is 18.5. The van der Waals surface area contributed by atoms with Gasteiger partial charge in [-0.2, -0.15) is 18.3 Å². The second kappa shape index (κ2) is 11.4. The Hall–Kier alpha value is -2.46. The molecule has 0 unspecified atom stereocenters. The summed E-state index contributed by atoms with van der Waals surface area (Å²) in [7, 11) is -2.64. The molecule has 0 aliphatic carbocycles. The first-order valence-electron chi connectivity index (χ1n) is 13.1. The fourth-order valence-corrected chi connectivity index (χ4v) is 5.83. The Bertz CT molecular complexity index is 1570. The number of hydrogen-bond donors (Lipinski definition) is 0. The Morgan fingerprint density at radius 3 is 2.08 bits per heavy atom. The predicted octanol–water partition coefficient (Wildman–Crippen LogP) is 6.83. The van der Waals surface area contributed by atoms with Gasteiger partial charge in [0.05, 0.1) is 21.7 Å². The minimum atomic E-state index is -4.58. The minimum Gasteiger partial charge on any atom is -0.361 e. The first-order valence-corrected chi connectivity index (χ1v) is 20.9. The van der Waals surface area contributed by atoms with Crippen LogP contribution in [0.15, 0.2) is 35.3 Å². The molecule has 0 bridgehead atoms. The molecule has 14 heteroatoms. The van der Waals surface area contributed by atoms with Gasteiger partial charge in [-0.25, -0.2) is 14.5 Å². The summed E-state index contributed by atoms with van der Waals surface area (Å²) in [6, 6.07) is 7.71. The van der Waals surface area contributed by atoms with Crippen molar-refractivity contribution >= 4 is 49.8 Å². The van der Waals surface area contributed by atoms with E-state index in [0.717, 1.165) is 22.8 Å². The molecule has 3 aromatic heterocycles. The van der Waals surface area contributed by atoms with Crippen molar-refractivity contribution in [2.24, 2.45) is 0 Å². The standard InChI is InChI=1S/C26H35ClF3N5O3Si2/c1-39(2,3)13-11-37-16-33-21-15-18-19(31-24(21)34(25(33)36)17-38-12-14-40(4,5)6)7-8-20(23(18)27)35-10-9-22(32-35)26(28,29)30/h7-10,15H,11-14,16-17H2,1-6H3. The highest BCUT2D eigenvalue weighted by Crippen LogP contribution is 2.33. The van der Waals surface area contributed by atoms with Crippen molar-refractivity contribution in [2.45, 2.75) is 71.0 Å². The van der Waals surface area contributed by atoms with Gasteiger partial charge in [-0.1, -0.05) is 50.9 Å². The number of alkyl halides is 3. The summed E-state index contributed by atoms with van der Waals surface area (Å²) < 4.78 is 55.2. The number of ether oxygens (including phenoxy) is 2. The van der Waals surface area contributed by atoms with Crippen LogP contribution in [0.25, 0.3) is 27.8 Å². The summed E-state index contributed by atoms with van der Waals surface area (Å²) in [5.41, 5.74) is 0.318. The third kappa shape index (κ3) is 7.05. The SMILES string of the molecule is C[Si](C)(C)CCOCn1c(=O)n(COCC[Si](C)(C)C)c2nc3ccc(-n4ccc(C(F)(F)F)n4)c(Cl)c3cc21. The zero-order chi connectivity index (χ0) is 29.5. The van der Waals surface area contributed by atoms with Crippen LogP contribution in [0.2, 0.25) is 56.4 Å². The zero-order valence-corrected chi connectivity index (χ0v) is 26.4. The lowest BCUT2D eigenvalue weighted by Gasteiger charge is -2.15. The maximum atomic E-state index is 13.5. The molecule has 0 atom stereocenters. The summed E-state index contributed by atoms with van der Waals surface area (Å²) in [4.78, 5) is 18.2. The van der Waals surface area contributed by atoms with Gasteiger partial charge in [0.2, 0.25) is 0 Å². The van der Waals surface area contributed by atoms with Crippen molar-refractivity contribution in [3.63, 3.8) is 0 Å². The van der Waals surface area contributed by atoms with E-state index in [9.17, 15) is 18.0 Å². The Morgan fingerprint density at radius 2 is 1.52 bits per heavy atom. The zero-order valence-electron chi connectivity index (χ0n) is 23.6. The molecule has 3 heterocycles. The lowest BCUT2D eigenvalue weighted by atomic mass is 10.2. The maximum Gasteiger partial charge on any atom is 0.435 e. The van der Waals surface area contributed by atoms with Crippen molar-refractivity contribution in [1.29, 1.82) is 0 Å². The van der Waals surface area contributed by atoms with Gasteiger partial charge in [-0.3, -0.25) is 9.13 Å². The Labute approximate surface area is 237 Å². The van der Waals surface area contributed by atoms with Crippen LogP contribution in [0, 0.1) is 0 Å². The highest BCUT2D eigenvalue weighted by molar-refractivity contribution is 6.76. The third-order valence-corrected chi connectivity index (χ3v) is 10.2. The number of hydrogen-bond acceptors (Lipinski definition) is 5. The van der Waals surface area contributed by atoms with Crippen LogP contribution in [-0.4, -0.2) is 53.3 Å². The Balaban J connectivity index is 1.75. The lowest BCUT2D eigenvalue weighted by Crippen LogP contribution is -2.28. The van der Waals surface area contributed by atoms with E-state index < -0.39 is 28.0 Å². The van der Waals surface area contributed by atoms with Crippen molar-refractivity contribution in [3.05, 3.63) is 51.7 Å². The van der Waals surface area contributed by atoms with Crippen LogP contribution in [0.4, 0.5) is 13.2 Å². The minimum absolute atomic E-state index is 0.0281. The molecule has 0 radical (unpaired) electrons. The van der Waals surface area contributed by atoms with Gasteiger partial charge in [0.1, 0.15) is 13.5 Å². The normalized spacial score (nSPS) is 13.2. The first kappa shape index (κ1) is 30.5. The lowest BCUT2D eigenvalue weighted by molar-refractivity contribution is -0.141. The van der Waals surface area contributed by atoms with Crippen LogP contribution in [0.1, 0.15) is 5.69 Å². The number of imidazole rings is 1. The molecule has 4 rings (SSSR count). The molecule has 0 saturated carbocycles. The molecule has 40 heavy (non-hydrogen) atoms. The van der Waals surface area contributed by atoms with Crippen molar-refractivity contribution in [2.75, 3.05) is 13.2 Å². The smallest absolute Gasteiger partial charge is 0.361 e. The van der Waals surface area contributed by atoms with Crippen LogP contribution >= 0.6 is 11.6 Å². The molecule has 0 spiro atoms. The fraction of sp³-hybridized carbons (Fsp3) is 0.500. The fourth-order valence-electron chi connectivity index (χ4n) is 4.01. The summed E-state index contributed by atoms with van der Waals surface area (Å²) in [5, 5.41) is 4.29. The highest BCUT2D eigenvalue weighted by atomic mass is 35.5. The molecule has 4 aromatic rings. The average molecular weight is 614 g/mol. The van der Waals surface area contributed by atoms with E-state index in [0.29, 0.717) is 35.3 Å². The Kier molecular flexibility index (Phi) is 8.72. The average Bonchev–Trinajstić information content (AvgIpc) is 3.41. The van der Waals surface area contributed by atoms with E-state index >= 15 is 0 Å². The molecule has 0 aliphatic heterocycles. The molecule has 1 aromatic carbocycles. The van der Waals surface area contributed by atoms with Gasteiger partial charge < -0.3 is 9.47 Å². The molecule has 8 nitrogen and oxygen atoms in total. The van der Waals surface area contributed by atoms with Gasteiger partial charge in [-0.15, -0.1) is 0 Å². The number of aromatic nitrogens is 5. The van der Waals surface area contributed by atoms with Crippen LogP contribution < -0.4 is 5.69 Å². The van der Waals surface area contributed by atoms with Gasteiger partial charge in [-0.05, 0) is 36.4 Å². The van der Waals surface area contributed by atoms with Crippen LogP contribution in [0.3, 0.4) is 0 Å². The molecule has 0 amide bonds. The number of halogens is 4. The predicted molar refractivity (Wildman–Crippen MR) is 157 cm³/mol. The number of fused-ring (bicyclic) bond motifs is 2. The van der Waals surface area contributed by atoms with Gasteiger partial charge in [0.25, 0.3) is 0 Å². The molecule has 0 fully saturated rings. The number of rotatable bonds is 11. The summed E-state index contributed by atoms with van der Waals surface area (Å²) >= 11 is 6.70. The second-order valence-electron chi connectivity index (χ2n) is 12.3.